The molecule has 0 radical (unpaired) electrons. The van der Waals surface area contributed by atoms with Crippen molar-refractivity contribution in [2.45, 2.75) is 50.4 Å². The summed E-state index contributed by atoms with van der Waals surface area (Å²) in [5, 5.41) is 9.57. The summed E-state index contributed by atoms with van der Waals surface area (Å²) in [5.74, 6) is 0.462. The van der Waals surface area contributed by atoms with Crippen molar-refractivity contribution in [1.29, 1.82) is 0 Å². The van der Waals surface area contributed by atoms with E-state index >= 15 is 0 Å². The van der Waals surface area contributed by atoms with Crippen LogP contribution in [0.15, 0.2) is 0 Å². The van der Waals surface area contributed by atoms with Crippen LogP contribution in [0.1, 0.15) is 32.1 Å². The molecule has 1 saturated heterocycles. The van der Waals surface area contributed by atoms with E-state index in [1.54, 1.807) is 7.11 Å². The van der Waals surface area contributed by atoms with E-state index < -0.39 is 0 Å². The number of nitrogens with two attached hydrogens (primary N) is 1. The Morgan fingerprint density at radius 2 is 1.94 bits per heavy atom. The van der Waals surface area contributed by atoms with Crippen molar-refractivity contribution < 1.29 is 9.84 Å². The highest BCUT2D eigenvalue weighted by Gasteiger charge is 2.36. The third-order valence-corrected chi connectivity index (χ3v) is 4.50. The molecule has 4 nitrogen and oxygen atoms in total. The molecule has 0 bridgehead atoms. The van der Waals surface area contributed by atoms with Gasteiger partial charge in [-0.15, -0.1) is 0 Å². The predicted octanol–water partition coefficient (Wildman–Crippen LogP) is 0.586. The summed E-state index contributed by atoms with van der Waals surface area (Å²) in [6, 6.07) is 0.561. The standard InChI is InChI=1S/C13H26N2O2/c1-17-13-4-2-3-12(11(13)9-14)15-7-5-10(16)6-8-15/h10-13,16H,2-9,14H2,1H3. The lowest BCUT2D eigenvalue weighted by molar-refractivity contribution is -0.0373. The summed E-state index contributed by atoms with van der Waals surface area (Å²) in [6.07, 6.45) is 5.66. The van der Waals surface area contributed by atoms with Crippen LogP contribution < -0.4 is 5.73 Å². The molecule has 1 aliphatic heterocycles. The van der Waals surface area contributed by atoms with E-state index in [9.17, 15) is 5.11 Å². The second-order valence-electron chi connectivity index (χ2n) is 5.44. The van der Waals surface area contributed by atoms with Gasteiger partial charge in [0.05, 0.1) is 12.2 Å². The van der Waals surface area contributed by atoms with E-state index in [4.69, 9.17) is 10.5 Å². The Balaban J connectivity index is 1.97. The van der Waals surface area contributed by atoms with E-state index in [1.807, 2.05) is 0 Å². The first-order chi connectivity index (χ1) is 8.26. The van der Waals surface area contributed by atoms with Crippen LogP contribution in [0.3, 0.4) is 0 Å². The maximum absolute atomic E-state index is 9.57. The lowest BCUT2D eigenvalue weighted by Gasteiger charge is -2.45. The summed E-state index contributed by atoms with van der Waals surface area (Å²) < 4.78 is 5.58. The van der Waals surface area contributed by atoms with Crippen LogP contribution in [0.5, 0.6) is 0 Å². The molecule has 3 atom stereocenters. The van der Waals surface area contributed by atoms with Gasteiger partial charge in [-0.25, -0.2) is 0 Å². The molecular formula is C13H26N2O2. The third kappa shape index (κ3) is 2.99. The summed E-state index contributed by atoms with van der Waals surface area (Å²) >= 11 is 0. The number of hydrogen-bond acceptors (Lipinski definition) is 4. The molecule has 1 saturated carbocycles. The molecule has 1 aliphatic carbocycles. The summed E-state index contributed by atoms with van der Waals surface area (Å²) in [5.41, 5.74) is 5.94. The number of aliphatic hydroxyl groups is 1. The minimum Gasteiger partial charge on any atom is -0.393 e. The number of aliphatic hydroxyl groups excluding tert-OH is 1. The first-order valence-corrected chi connectivity index (χ1v) is 6.91. The molecule has 3 N–H and O–H groups in total. The van der Waals surface area contributed by atoms with Crippen LogP contribution in [-0.2, 0) is 4.74 Å². The van der Waals surface area contributed by atoms with Crippen molar-refractivity contribution in [3.8, 4) is 0 Å². The normalized spacial score (nSPS) is 37.2. The Kier molecular flexibility index (Phi) is 4.79. The van der Waals surface area contributed by atoms with Gasteiger partial charge in [0.1, 0.15) is 0 Å². The zero-order valence-corrected chi connectivity index (χ0v) is 10.8. The Morgan fingerprint density at radius 1 is 1.24 bits per heavy atom. The molecule has 2 rings (SSSR count). The molecule has 1 heterocycles. The molecule has 3 unspecified atom stereocenters. The molecular weight excluding hydrogens is 216 g/mol. The van der Waals surface area contributed by atoms with Crippen molar-refractivity contribution in [3.63, 3.8) is 0 Å². The van der Waals surface area contributed by atoms with E-state index in [-0.39, 0.29) is 6.10 Å². The fraction of sp³-hybridized carbons (Fsp3) is 1.00. The van der Waals surface area contributed by atoms with Crippen molar-refractivity contribution in [3.05, 3.63) is 0 Å². The minimum atomic E-state index is -0.0932. The largest absolute Gasteiger partial charge is 0.393 e. The van der Waals surface area contributed by atoms with Gasteiger partial charge < -0.3 is 15.6 Å². The van der Waals surface area contributed by atoms with E-state index in [0.717, 1.165) is 32.4 Å². The number of likely N-dealkylation sites (tertiary alicyclic amines) is 1. The molecule has 0 aromatic heterocycles. The predicted molar refractivity (Wildman–Crippen MR) is 67.8 cm³/mol. The van der Waals surface area contributed by atoms with Gasteiger partial charge in [-0.05, 0) is 38.6 Å². The zero-order chi connectivity index (χ0) is 12.3. The van der Waals surface area contributed by atoms with Gasteiger partial charge >= 0.3 is 0 Å². The average molecular weight is 242 g/mol. The quantitative estimate of drug-likeness (QED) is 0.760. The maximum Gasteiger partial charge on any atom is 0.0626 e. The van der Waals surface area contributed by atoms with Gasteiger partial charge in [0.25, 0.3) is 0 Å². The number of rotatable bonds is 3. The summed E-state index contributed by atoms with van der Waals surface area (Å²) in [7, 11) is 1.80. The number of methoxy groups -OCH3 is 1. The van der Waals surface area contributed by atoms with Crippen LogP contribution in [0, 0.1) is 5.92 Å². The molecule has 100 valence electrons. The Bertz CT molecular complexity index is 229. The topological polar surface area (TPSA) is 58.7 Å². The molecule has 0 aromatic carbocycles. The van der Waals surface area contributed by atoms with Crippen LogP contribution in [0.2, 0.25) is 0 Å². The second kappa shape index (κ2) is 6.14. The lowest BCUT2D eigenvalue weighted by atomic mass is 9.80. The molecule has 4 heteroatoms. The van der Waals surface area contributed by atoms with E-state index in [0.29, 0.717) is 24.6 Å². The van der Waals surface area contributed by atoms with Crippen molar-refractivity contribution in [1.82, 2.24) is 4.90 Å². The number of ether oxygens (including phenoxy) is 1. The van der Waals surface area contributed by atoms with Crippen molar-refractivity contribution in [2.75, 3.05) is 26.7 Å². The van der Waals surface area contributed by atoms with Crippen LogP contribution >= 0.6 is 0 Å². The van der Waals surface area contributed by atoms with Gasteiger partial charge in [0, 0.05) is 32.2 Å². The highest BCUT2D eigenvalue weighted by Crippen LogP contribution is 2.31. The second-order valence-corrected chi connectivity index (χ2v) is 5.44. The highest BCUT2D eigenvalue weighted by molar-refractivity contribution is 4.91. The SMILES string of the molecule is COC1CCCC(N2CCC(O)CC2)C1CN. The first kappa shape index (κ1) is 13.3. The molecule has 0 spiro atoms. The van der Waals surface area contributed by atoms with Crippen LogP contribution in [0.25, 0.3) is 0 Å². The average Bonchev–Trinajstić information content (AvgIpc) is 2.38. The first-order valence-electron chi connectivity index (χ1n) is 6.91. The smallest absolute Gasteiger partial charge is 0.0626 e. The maximum atomic E-state index is 9.57. The van der Waals surface area contributed by atoms with Gasteiger partial charge in [-0.1, -0.05) is 0 Å². The molecule has 0 aromatic rings. The fourth-order valence-electron chi connectivity index (χ4n) is 3.48. The molecule has 2 fully saturated rings. The van der Waals surface area contributed by atoms with E-state index in [1.165, 1.54) is 12.8 Å². The lowest BCUT2D eigenvalue weighted by Crippen LogP contribution is -2.53. The van der Waals surface area contributed by atoms with Crippen molar-refractivity contribution >= 4 is 0 Å². The van der Waals surface area contributed by atoms with E-state index in [2.05, 4.69) is 4.90 Å². The molecule has 2 aliphatic rings. The van der Waals surface area contributed by atoms with Gasteiger partial charge in [0.2, 0.25) is 0 Å². The van der Waals surface area contributed by atoms with Crippen LogP contribution in [-0.4, -0.2) is 55.0 Å². The van der Waals surface area contributed by atoms with Gasteiger partial charge in [0.15, 0.2) is 0 Å². The number of hydrogen-bond donors (Lipinski definition) is 2. The third-order valence-electron chi connectivity index (χ3n) is 4.50. The number of nitrogens with zero attached hydrogens (tertiary/aromatic N) is 1. The summed E-state index contributed by atoms with van der Waals surface area (Å²) in [6.45, 7) is 2.74. The van der Waals surface area contributed by atoms with Gasteiger partial charge in [-0.2, -0.15) is 0 Å². The monoisotopic (exact) mass is 242 g/mol. The molecule has 0 amide bonds. The molecule has 17 heavy (non-hydrogen) atoms. The van der Waals surface area contributed by atoms with Crippen LogP contribution in [0.4, 0.5) is 0 Å². The minimum absolute atomic E-state index is 0.0932. The zero-order valence-electron chi connectivity index (χ0n) is 10.8. The fourth-order valence-corrected chi connectivity index (χ4v) is 3.48. The Morgan fingerprint density at radius 3 is 2.53 bits per heavy atom. The highest BCUT2D eigenvalue weighted by atomic mass is 16.5. The Labute approximate surface area is 104 Å². The Hall–Kier alpha value is -0.160. The van der Waals surface area contributed by atoms with Crippen molar-refractivity contribution in [2.24, 2.45) is 11.7 Å². The number of piperidine rings is 1. The van der Waals surface area contributed by atoms with Gasteiger partial charge in [-0.3, -0.25) is 4.90 Å². The summed E-state index contributed by atoms with van der Waals surface area (Å²) in [4.78, 5) is 2.52.